The van der Waals surface area contributed by atoms with Crippen LogP contribution in [0.4, 0.5) is 5.82 Å². The Morgan fingerprint density at radius 3 is 2.95 bits per heavy atom. The van der Waals surface area contributed by atoms with E-state index < -0.39 is 0 Å². The highest BCUT2D eigenvalue weighted by Crippen LogP contribution is 2.39. The Kier molecular flexibility index (Phi) is 3.98. The van der Waals surface area contributed by atoms with E-state index in [1.54, 1.807) is 11.8 Å². The molecule has 0 bridgehead atoms. The van der Waals surface area contributed by atoms with E-state index in [1.807, 2.05) is 25.1 Å². The van der Waals surface area contributed by atoms with E-state index in [0.717, 1.165) is 34.1 Å². The van der Waals surface area contributed by atoms with E-state index in [9.17, 15) is 0 Å². The number of hydrogen-bond acceptors (Lipinski definition) is 6. The van der Waals surface area contributed by atoms with Gasteiger partial charge in [-0.1, -0.05) is 19.1 Å². The number of aromatic nitrogens is 2. The van der Waals surface area contributed by atoms with Crippen molar-refractivity contribution in [2.75, 3.05) is 11.2 Å². The molecule has 0 spiro atoms. The zero-order valence-corrected chi connectivity index (χ0v) is 12.9. The van der Waals surface area contributed by atoms with Gasteiger partial charge in [0, 0.05) is 21.9 Å². The third-order valence-electron chi connectivity index (χ3n) is 3.53. The summed E-state index contributed by atoms with van der Waals surface area (Å²) in [6.45, 7) is 4.05. The number of thioether (sulfide) groups is 1. The second-order valence-electron chi connectivity index (χ2n) is 4.86. The van der Waals surface area contributed by atoms with Crippen molar-refractivity contribution >= 4 is 17.6 Å². The lowest BCUT2D eigenvalue weighted by molar-refractivity contribution is 0.210. The zero-order valence-electron chi connectivity index (χ0n) is 12.1. The normalized spacial score (nSPS) is 17.0. The zero-order chi connectivity index (χ0) is 14.8. The van der Waals surface area contributed by atoms with Gasteiger partial charge in [0.15, 0.2) is 11.9 Å². The van der Waals surface area contributed by atoms with Crippen LogP contribution >= 0.6 is 11.8 Å². The molecule has 1 aromatic carbocycles. The molecule has 3 rings (SSSR count). The van der Waals surface area contributed by atoms with Crippen molar-refractivity contribution in [1.29, 1.82) is 0 Å². The number of nitrogens with zero attached hydrogens (tertiary/aromatic N) is 2. The number of rotatable bonds is 3. The quantitative estimate of drug-likeness (QED) is 0.671. The molecule has 1 aromatic heterocycles. The number of fused-ring (bicyclic) bond motifs is 1. The smallest absolute Gasteiger partial charge is 0.172 e. The fourth-order valence-corrected chi connectivity index (χ4v) is 3.34. The minimum absolute atomic E-state index is 0.150. The summed E-state index contributed by atoms with van der Waals surface area (Å²) in [7, 11) is 0. The first-order chi connectivity index (χ1) is 10.2. The molecule has 1 aliphatic rings. The molecule has 3 N–H and O–H groups in total. The summed E-state index contributed by atoms with van der Waals surface area (Å²) in [6, 6.07) is 8.04. The van der Waals surface area contributed by atoms with Crippen molar-refractivity contribution in [3.8, 4) is 5.75 Å². The fourth-order valence-electron chi connectivity index (χ4n) is 2.36. The molecule has 0 amide bonds. The Hall–Kier alpha value is -1.79. The van der Waals surface area contributed by atoms with Crippen LogP contribution in [0.25, 0.3) is 0 Å². The van der Waals surface area contributed by atoms with Gasteiger partial charge in [0.2, 0.25) is 0 Å². The second kappa shape index (κ2) is 5.91. The molecule has 21 heavy (non-hydrogen) atoms. The Labute approximate surface area is 128 Å². The van der Waals surface area contributed by atoms with Gasteiger partial charge < -0.3 is 10.2 Å². The summed E-state index contributed by atoms with van der Waals surface area (Å²) in [5.74, 6) is 8.61. The highest BCUT2D eigenvalue weighted by molar-refractivity contribution is 7.99. The van der Waals surface area contributed by atoms with Gasteiger partial charge in [-0.3, -0.25) is 0 Å². The van der Waals surface area contributed by atoms with Crippen molar-refractivity contribution in [2.45, 2.75) is 31.3 Å². The SMILES string of the molecule is CCc1nc(C2CSc3ccccc3O2)nc(NN)c1C. The van der Waals surface area contributed by atoms with Crippen molar-refractivity contribution in [1.82, 2.24) is 9.97 Å². The number of para-hydroxylation sites is 1. The van der Waals surface area contributed by atoms with E-state index in [0.29, 0.717) is 11.6 Å². The third kappa shape index (κ3) is 2.69. The largest absolute Gasteiger partial charge is 0.480 e. The summed E-state index contributed by atoms with van der Waals surface area (Å²) in [6.07, 6.45) is 0.690. The lowest BCUT2D eigenvalue weighted by atomic mass is 10.2. The number of hydrazine groups is 1. The number of benzene rings is 1. The molecule has 110 valence electrons. The van der Waals surface area contributed by atoms with E-state index in [4.69, 9.17) is 10.6 Å². The van der Waals surface area contributed by atoms with Crippen LogP contribution in [-0.4, -0.2) is 15.7 Å². The summed E-state index contributed by atoms with van der Waals surface area (Å²) in [5, 5.41) is 0. The van der Waals surface area contributed by atoms with Crippen molar-refractivity contribution in [3.05, 3.63) is 41.3 Å². The molecule has 0 saturated heterocycles. The summed E-state index contributed by atoms with van der Waals surface area (Å²) >= 11 is 1.77. The fraction of sp³-hybridized carbons (Fsp3) is 0.333. The molecule has 1 atom stereocenters. The van der Waals surface area contributed by atoms with Crippen LogP contribution in [0, 0.1) is 6.92 Å². The lowest BCUT2D eigenvalue weighted by Crippen LogP contribution is -2.21. The van der Waals surface area contributed by atoms with Gasteiger partial charge in [-0.25, -0.2) is 15.8 Å². The number of hydrogen-bond donors (Lipinski definition) is 2. The van der Waals surface area contributed by atoms with Gasteiger partial charge in [-0.2, -0.15) is 0 Å². The maximum atomic E-state index is 6.04. The predicted octanol–water partition coefficient (Wildman–Crippen LogP) is 2.86. The molecule has 1 aliphatic heterocycles. The molecule has 5 nitrogen and oxygen atoms in total. The highest BCUT2D eigenvalue weighted by Gasteiger charge is 2.25. The maximum absolute atomic E-state index is 6.04. The average Bonchev–Trinajstić information content (AvgIpc) is 2.54. The van der Waals surface area contributed by atoms with Crippen molar-refractivity contribution in [2.24, 2.45) is 5.84 Å². The van der Waals surface area contributed by atoms with E-state index in [2.05, 4.69) is 28.4 Å². The van der Waals surface area contributed by atoms with Crippen LogP contribution in [0.15, 0.2) is 29.2 Å². The topological polar surface area (TPSA) is 73.1 Å². The average molecular weight is 302 g/mol. The van der Waals surface area contributed by atoms with Crippen molar-refractivity contribution in [3.63, 3.8) is 0 Å². The summed E-state index contributed by atoms with van der Waals surface area (Å²) < 4.78 is 6.04. The third-order valence-corrected chi connectivity index (χ3v) is 4.65. The molecular weight excluding hydrogens is 284 g/mol. The monoisotopic (exact) mass is 302 g/mol. The Balaban J connectivity index is 1.95. The molecular formula is C15H18N4OS. The van der Waals surface area contributed by atoms with Gasteiger partial charge in [0.05, 0.1) is 0 Å². The molecule has 2 aromatic rings. The Morgan fingerprint density at radius 1 is 1.38 bits per heavy atom. The minimum atomic E-state index is -0.150. The van der Waals surface area contributed by atoms with Crippen LogP contribution in [0.3, 0.4) is 0 Å². The molecule has 0 aliphatic carbocycles. The van der Waals surface area contributed by atoms with Gasteiger partial charge in [0.1, 0.15) is 11.6 Å². The first-order valence-electron chi connectivity index (χ1n) is 6.95. The molecule has 0 fully saturated rings. The number of nitrogen functional groups attached to an aromatic ring is 1. The lowest BCUT2D eigenvalue weighted by Gasteiger charge is -2.25. The van der Waals surface area contributed by atoms with Gasteiger partial charge in [-0.15, -0.1) is 11.8 Å². The first kappa shape index (κ1) is 14.2. The summed E-state index contributed by atoms with van der Waals surface area (Å²) in [4.78, 5) is 10.3. The number of aryl methyl sites for hydroxylation is 1. The molecule has 0 radical (unpaired) electrons. The van der Waals surface area contributed by atoms with Crippen LogP contribution in [-0.2, 0) is 6.42 Å². The van der Waals surface area contributed by atoms with Gasteiger partial charge >= 0.3 is 0 Å². The number of nitrogens with two attached hydrogens (primary N) is 1. The van der Waals surface area contributed by atoms with Crippen molar-refractivity contribution < 1.29 is 4.74 Å². The van der Waals surface area contributed by atoms with E-state index >= 15 is 0 Å². The van der Waals surface area contributed by atoms with Crippen LogP contribution in [0.2, 0.25) is 0 Å². The van der Waals surface area contributed by atoms with Crippen LogP contribution in [0.1, 0.15) is 30.1 Å². The predicted molar refractivity (Wildman–Crippen MR) is 84.5 cm³/mol. The molecule has 0 saturated carbocycles. The van der Waals surface area contributed by atoms with E-state index in [-0.39, 0.29) is 6.10 Å². The standard InChI is InChI=1S/C15H18N4OS/c1-3-10-9(2)14(19-16)18-15(17-10)12-8-21-13-7-5-4-6-11(13)20-12/h4-7,12H,3,8,16H2,1-2H3,(H,17,18,19). The van der Waals surface area contributed by atoms with Crippen LogP contribution in [0.5, 0.6) is 5.75 Å². The van der Waals surface area contributed by atoms with Gasteiger partial charge in [-0.05, 0) is 25.5 Å². The van der Waals surface area contributed by atoms with Crippen LogP contribution < -0.4 is 16.0 Å². The maximum Gasteiger partial charge on any atom is 0.172 e. The Morgan fingerprint density at radius 2 is 2.19 bits per heavy atom. The Bertz CT molecular complexity index is 637. The molecule has 6 heteroatoms. The number of ether oxygens (including phenoxy) is 1. The minimum Gasteiger partial charge on any atom is -0.480 e. The molecule has 1 unspecified atom stereocenters. The van der Waals surface area contributed by atoms with Gasteiger partial charge in [0.25, 0.3) is 0 Å². The van der Waals surface area contributed by atoms with E-state index in [1.165, 1.54) is 0 Å². The molecule has 2 heterocycles. The second-order valence-corrected chi connectivity index (χ2v) is 5.93. The first-order valence-corrected chi connectivity index (χ1v) is 7.94. The summed E-state index contributed by atoms with van der Waals surface area (Å²) in [5.41, 5.74) is 4.65. The highest BCUT2D eigenvalue weighted by atomic mass is 32.2. The number of anilines is 1. The number of nitrogens with one attached hydrogen (secondary N) is 1.